The van der Waals surface area contributed by atoms with E-state index in [-0.39, 0.29) is 33.2 Å². The Balaban J connectivity index is 2.00. The molecule has 0 saturated carbocycles. The average molecular weight is 502 g/mol. The molecule has 6 nitrogen and oxygen atoms in total. The summed E-state index contributed by atoms with van der Waals surface area (Å²) < 4.78 is 25.5. The van der Waals surface area contributed by atoms with Crippen LogP contribution in [0.3, 0.4) is 0 Å². The van der Waals surface area contributed by atoms with Gasteiger partial charge in [0.25, 0.3) is 11.7 Å². The van der Waals surface area contributed by atoms with E-state index in [1.54, 1.807) is 18.2 Å². The number of ketones is 1. The highest BCUT2D eigenvalue weighted by atomic mass is 35.5. The normalized spacial score (nSPS) is 17.2. The van der Waals surface area contributed by atoms with Gasteiger partial charge in [0.2, 0.25) is 0 Å². The molecule has 34 heavy (non-hydrogen) atoms. The number of benzene rings is 3. The molecule has 9 heteroatoms. The number of hydrogen-bond donors (Lipinski definition) is 1. The molecular weight excluding hydrogens is 484 g/mol. The van der Waals surface area contributed by atoms with E-state index in [0.29, 0.717) is 10.7 Å². The third-order valence-electron chi connectivity index (χ3n) is 5.48. The Bertz CT molecular complexity index is 1320. The largest absolute Gasteiger partial charge is 0.507 e. The standard InChI is InChI=1S/C25H18Cl2FNO5/c1-33-19-12-20(34-2)17(27)11-16(19)23(30)21-22(15-5-3-4-6-18(15)28)29(25(32)24(21)31)14-9-7-13(26)8-10-14/h3-12,22,30H,1-2H3/b23-21+. The Kier molecular flexibility index (Phi) is 6.50. The number of carbonyl (C=O) groups is 2. The van der Waals surface area contributed by atoms with Crippen molar-refractivity contribution in [3.8, 4) is 11.5 Å². The van der Waals surface area contributed by atoms with Gasteiger partial charge < -0.3 is 14.6 Å². The first kappa shape index (κ1) is 23.6. The van der Waals surface area contributed by atoms with Crippen molar-refractivity contribution in [1.82, 2.24) is 0 Å². The number of Topliss-reactive ketones (excluding diaryl/α,β-unsaturated/α-hetero) is 1. The van der Waals surface area contributed by atoms with Crippen LogP contribution in [0.1, 0.15) is 17.2 Å². The summed E-state index contributed by atoms with van der Waals surface area (Å²) in [5.74, 6) is -2.72. The molecule has 0 spiro atoms. The van der Waals surface area contributed by atoms with Crippen LogP contribution < -0.4 is 14.4 Å². The molecule has 1 aliphatic heterocycles. The summed E-state index contributed by atoms with van der Waals surface area (Å²) in [6, 6.07) is 13.4. The minimum absolute atomic E-state index is 0.0248. The number of methoxy groups -OCH3 is 2. The van der Waals surface area contributed by atoms with Gasteiger partial charge in [-0.2, -0.15) is 0 Å². The van der Waals surface area contributed by atoms with Crippen molar-refractivity contribution in [2.75, 3.05) is 19.1 Å². The van der Waals surface area contributed by atoms with E-state index in [1.165, 1.54) is 56.7 Å². The second-order valence-electron chi connectivity index (χ2n) is 7.35. The van der Waals surface area contributed by atoms with Gasteiger partial charge in [-0.3, -0.25) is 14.5 Å². The maximum atomic E-state index is 15.0. The van der Waals surface area contributed by atoms with Crippen molar-refractivity contribution in [3.63, 3.8) is 0 Å². The molecule has 174 valence electrons. The van der Waals surface area contributed by atoms with E-state index in [0.717, 1.165) is 4.90 Å². The summed E-state index contributed by atoms with van der Waals surface area (Å²) in [4.78, 5) is 27.5. The number of nitrogens with zero attached hydrogens (tertiary/aromatic N) is 1. The van der Waals surface area contributed by atoms with Crippen LogP contribution in [0, 0.1) is 5.82 Å². The number of ether oxygens (including phenoxy) is 2. The summed E-state index contributed by atoms with van der Waals surface area (Å²) in [6.07, 6.45) is 0. The van der Waals surface area contributed by atoms with Gasteiger partial charge in [0.1, 0.15) is 23.1 Å². The number of hydrogen-bond acceptors (Lipinski definition) is 5. The number of aliphatic hydroxyl groups is 1. The van der Waals surface area contributed by atoms with Crippen LogP contribution in [-0.4, -0.2) is 31.0 Å². The highest BCUT2D eigenvalue weighted by molar-refractivity contribution is 6.51. The lowest BCUT2D eigenvalue weighted by atomic mass is 9.94. The van der Waals surface area contributed by atoms with Gasteiger partial charge in [-0.05, 0) is 36.4 Å². The fourth-order valence-electron chi connectivity index (χ4n) is 3.88. The zero-order valence-electron chi connectivity index (χ0n) is 18.0. The predicted molar refractivity (Wildman–Crippen MR) is 127 cm³/mol. The van der Waals surface area contributed by atoms with E-state index in [2.05, 4.69) is 0 Å². The van der Waals surface area contributed by atoms with E-state index in [9.17, 15) is 19.1 Å². The van der Waals surface area contributed by atoms with Crippen LogP contribution in [0.2, 0.25) is 10.0 Å². The van der Waals surface area contributed by atoms with Crippen molar-refractivity contribution in [3.05, 3.63) is 93.2 Å². The maximum absolute atomic E-state index is 15.0. The van der Waals surface area contributed by atoms with Gasteiger partial charge >= 0.3 is 0 Å². The van der Waals surface area contributed by atoms with Gasteiger partial charge in [0, 0.05) is 22.3 Å². The summed E-state index contributed by atoms with van der Waals surface area (Å²) in [5, 5.41) is 11.9. The number of halogens is 3. The van der Waals surface area contributed by atoms with Crippen molar-refractivity contribution in [1.29, 1.82) is 0 Å². The van der Waals surface area contributed by atoms with Crippen LogP contribution in [0.15, 0.2) is 66.2 Å². The minimum Gasteiger partial charge on any atom is -0.507 e. The molecule has 0 bridgehead atoms. The Hall–Kier alpha value is -3.55. The van der Waals surface area contributed by atoms with E-state index in [4.69, 9.17) is 32.7 Å². The molecule has 1 atom stereocenters. The van der Waals surface area contributed by atoms with Crippen LogP contribution in [0.4, 0.5) is 10.1 Å². The van der Waals surface area contributed by atoms with Crippen LogP contribution in [-0.2, 0) is 9.59 Å². The number of carbonyl (C=O) groups excluding carboxylic acids is 2. The topological polar surface area (TPSA) is 76.1 Å². The average Bonchev–Trinajstić information content (AvgIpc) is 3.09. The monoisotopic (exact) mass is 501 g/mol. The summed E-state index contributed by atoms with van der Waals surface area (Å²) in [7, 11) is 2.77. The molecule has 0 aromatic heterocycles. The highest BCUT2D eigenvalue weighted by Crippen LogP contribution is 2.45. The molecule has 1 saturated heterocycles. The third kappa shape index (κ3) is 3.97. The molecular formula is C25H18Cl2FNO5. The zero-order valence-corrected chi connectivity index (χ0v) is 19.5. The molecule has 0 radical (unpaired) electrons. The molecule has 3 aromatic rings. The fraction of sp³-hybridized carbons (Fsp3) is 0.120. The lowest BCUT2D eigenvalue weighted by Crippen LogP contribution is -2.29. The second kappa shape index (κ2) is 9.37. The first-order valence-electron chi connectivity index (χ1n) is 10.0. The Labute approximate surface area is 204 Å². The van der Waals surface area contributed by atoms with Crippen molar-refractivity contribution < 1.29 is 28.6 Å². The molecule has 4 rings (SSSR count). The van der Waals surface area contributed by atoms with Gasteiger partial charge in [-0.25, -0.2) is 4.39 Å². The third-order valence-corrected chi connectivity index (χ3v) is 6.03. The zero-order chi connectivity index (χ0) is 24.6. The van der Waals surface area contributed by atoms with Gasteiger partial charge in [0.05, 0.1) is 36.4 Å². The predicted octanol–water partition coefficient (Wildman–Crippen LogP) is 5.78. The van der Waals surface area contributed by atoms with E-state index in [1.807, 2.05) is 0 Å². The van der Waals surface area contributed by atoms with Crippen LogP contribution in [0.5, 0.6) is 11.5 Å². The Morgan fingerprint density at radius 1 is 0.971 bits per heavy atom. The van der Waals surface area contributed by atoms with Crippen molar-refractivity contribution >= 4 is 46.3 Å². The molecule has 0 aliphatic carbocycles. The number of rotatable bonds is 5. The first-order valence-corrected chi connectivity index (χ1v) is 10.8. The molecule has 1 amide bonds. The maximum Gasteiger partial charge on any atom is 0.300 e. The number of amides is 1. The first-order chi connectivity index (χ1) is 16.3. The molecule has 1 fully saturated rings. The Morgan fingerprint density at radius 3 is 2.24 bits per heavy atom. The molecule has 1 heterocycles. The molecule has 3 aromatic carbocycles. The molecule has 1 aliphatic rings. The van der Waals surface area contributed by atoms with Crippen molar-refractivity contribution in [2.45, 2.75) is 6.04 Å². The highest BCUT2D eigenvalue weighted by Gasteiger charge is 2.48. The van der Waals surface area contributed by atoms with Crippen molar-refractivity contribution in [2.24, 2.45) is 0 Å². The Morgan fingerprint density at radius 2 is 1.62 bits per heavy atom. The minimum atomic E-state index is -1.26. The van der Waals surface area contributed by atoms with Gasteiger partial charge in [-0.15, -0.1) is 0 Å². The number of anilines is 1. The van der Waals surface area contributed by atoms with E-state index < -0.39 is 29.3 Å². The fourth-order valence-corrected chi connectivity index (χ4v) is 4.25. The summed E-state index contributed by atoms with van der Waals surface area (Å²) >= 11 is 12.2. The summed E-state index contributed by atoms with van der Waals surface area (Å²) in [6.45, 7) is 0. The SMILES string of the molecule is COc1cc(OC)c(/C(O)=C2\C(=O)C(=O)N(c3ccc(Cl)cc3)C2c2ccccc2F)cc1Cl. The lowest BCUT2D eigenvalue weighted by molar-refractivity contribution is -0.132. The van der Waals surface area contributed by atoms with E-state index >= 15 is 0 Å². The quantitative estimate of drug-likeness (QED) is 0.272. The second-order valence-corrected chi connectivity index (χ2v) is 8.20. The van der Waals surface area contributed by atoms with Gasteiger partial charge in [-0.1, -0.05) is 41.4 Å². The van der Waals surface area contributed by atoms with Crippen LogP contribution in [0.25, 0.3) is 5.76 Å². The lowest BCUT2D eigenvalue weighted by Gasteiger charge is -2.26. The molecule has 1 N–H and O–H groups in total. The molecule has 1 unspecified atom stereocenters. The van der Waals surface area contributed by atoms with Crippen LogP contribution >= 0.6 is 23.2 Å². The van der Waals surface area contributed by atoms with Gasteiger partial charge in [0.15, 0.2) is 0 Å². The smallest absolute Gasteiger partial charge is 0.300 e. The summed E-state index contributed by atoms with van der Waals surface area (Å²) in [5.41, 5.74) is 0.0589. The number of aliphatic hydroxyl groups excluding tert-OH is 1.